The van der Waals surface area contributed by atoms with Gasteiger partial charge in [0.25, 0.3) is 0 Å². The Morgan fingerprint density at radius 3 is 2.78 bits per heavy atom. The Labute approximate surface area is 111 Å². The largest absolute Gasteiger partial charge is 0.391 e. The molecule has 1 aromatic carbocycles. The van der Waals surface area contributed by atoms with Gasteiger partial charge in [-0.2, -0.15) is 0 Å². The van der Waals surface area contributed by atoms with Crippen molar-refractivity contribution in [3.05, 3.63) is 30.1 Å². The zero-order valence-electron chi connectivity index (χ0n) is 10.2. The molecule has 1 saturated heterocycles. The van der Waals surface area contributed by atoms with Crippen LogP contribution in [0.15, 0.2) is 29.2 Å². The summed E-state index contributed by atoms with van der Waals surface area (Å²) in [7, 11) is 0. The van der Waals surface area contributed by atoms with Crippen LogP contribution in [0.3, 0.4) is 0 Å². The van der Waals surface area contributed by atoms with Crippen LogP contribution < -0.4 is 0 Å². The SMILES string of the molecule is OC(CSc1ccccc1F)CN1CCOCC1. The maximum atomic E-state index is 13.4. The zero-order chi connectivity index (χ0) is 12.8. The summed E-state index contributed by atoms with van der Waals surface area (Å²) in [6.45, 7) is 3.81. The van der Waals surface area contributed by atoms with Gasteiger partial charge >= 0.3 is 0 Å². The lowest BCUT2D eigenvalue weighted by Crippen LogP contribution is -2.41. The maximum Gasteiger partial charge on any atom is 0.136 e. The van der Waals surface area contributed by atoms with Crippen LogP contribution in [0.1, 0.15) is 0 Å². The fraction of sp³-hybridized carbons (Fsp3) is 0.538. The third-order valence-electron chi connectivity index (χ3n) is 2.84. The predicted octanol–water partition coefficient (Wildman–Crippen LogP) is 1.61. The Balaban J connectivity index is 1.74. The molecule has 3 nitrogen and oxygen atoms in total. The van der Waals surface area contributed by atoms with Crippen molar-refractivity contribution in [1.29, 1.82) is 0 Å². The lowest BCUT2D eigenvalue weighted by atomic mass is 10.3. The third kappa shape index (κ3) is 4.24. The van der Waals surface area contributed by atoms with Gasteiger partial charge in [0, 0.05) is 30.3 Å². The van der Waals surface area contributed by atoms with E-state index in [1.54, 1.807) is 18.2 Å². The monoisotopic (exact) mass is 271 g/mol. The van der Waals surface area contributed by atoms with Crippen LogP contribution in [0.25, 0.3) is 0 Å². The molecule has 100 valence electrons. The topological polar surface area (TPSA) is 32.7 Å². The van der Waals surface area contributed by atoms with E-state index < -0.39 is 6.10 Å². The number of thioether (sulfide) groups is 1. The third-order valence-corrected chi connectivity index (χ3v) is 4.03. The number of nitrogens with zero attached hydrogens (tertiary/aromatic N) is 1. The van der Waals surface area contributed by atoms with Crippen LogP contribution in [0.2, 0.25) is 0 Å². The number of hydrogen-bond donors (Lipinski definition) is 1. The van der Waals surface area contributed by atoms with Gasteiger partial charge in [-0.15, -0.1) is 11.8 Å². The lowest BCUT2D eigenvalue weighted by Gasteiger charge is -2.28. The second-order valence-corrected chi connectivity index (χ2v) is 5.37. The number of β-amino-alcohol motifs (C(OH)–C–C–N with tert-alkyl or cyclic N) is 1. The van der Waals surface area contributed by atoms with E-state index in [2.05, 4.69) is 4.90 Å². The number of benzene rings is 1. The van der Waals surface area contributed by atoms with Crippen LogP contribution >= 0.6 is 11.8 Å². The van der Waals surface area contributed by atoms with E-state index in [0.29, 0.717) is 17.2 Å². The van der Waals surface area contributed by atoms with E-state index >= 15 is 0 Å². The van der Waals surface area contributed by atoms with Crippen LogP contribution in [0, 0.1) is 5.82 Å². The molecule has 1 atom stereocenters. The Morgan fingerprint density at radius 2 is 2.06 bits per heavy atom. The Bertz CT molecular complexity index is 372. The average Bonchev–Trinajstić information content (AvgIpc) is 2.39. The molecule has 0 spiro atoms. The summed E-state index contributed by atoms with van der Waals surface area (Å²) in [5, 5.41) is 9.93. The van der Waals surface area contributed by atoms with Gasteiger partial charge in [-0.05, 0) is 12.1 Å². The summed E-state index contributed by atoms with van der Waals surface area (Å²) in [5.74, 6) is 0.291. The van der Waals surface area contributed by atoms with Crippen molar-refractivity contribution in [2.45, 2.75) is 11.0 Å². The minimum Gasteiger partial charge on any atom is -0.391 e. The minimum absolute atomic E-state index is 0.221. The first-order chi connectivity index (χ1) is 8.75. The number of hydrogen-bond acceptors (Lipinski definition) is 4. The summed E-state index contributed by atoms with van der Waals surface area (Å²) in [5.41, 5.74) is 0. The van der Waals surface area contributed by atoms with E-state index in [9.17, 15) is 9.50 Å². The normalized spacial score (nSPS) is 18.8. The number of aliphatic hydroxyl groups is 1. The summed E-state index contributed by atoms with van der Waals surface area (Å²) in [6.07, 6.45) is -0.437. The summed E-state index contributed by atoms with van der Waals surface area (Å²) < 4.78 is 18.6. The quantitative estimate of drug-likeness (QED) is 0.825. The number of ether oxygens (including phenoxy) is 1. The summed E-state index contributed by atoms with van der Waals surface area (Å²) >= 11 is 1.36. The van der Waals surface area contributed by atoms with Crippen molar-refractivity contribution in [3.8, 4) is 0 Å². The van der Waals surface area contributed by atoms with Gasteiger partial charge in [0.2, 0.25) is 0 Å². The Hall–Kier alpha value is -0.620. The molecule has 1 aliphatic heterocycles. The van der Waals surface area contributed by atoms with Crippen molar-refractivity contribution in [2.24, 2.45) is 0 Å². The molecule has 5 heteroatoms. The molecule has 1 aliphatic rings. The maximum absolute atomic E-state index is 13.4. The molecule has 2 rings (SSSR count). The van der Waals surface area contributed by atoms with E-state index in [0.717, 1.165) is 26.3 Å². The summed E-state index contributed by atoms with van der Waals surface area (Å²) in [6, 6.07) is 6.65. The highest BCUT2D eigenvalue weighted by Crippen LogP contribution is 2.22. The lowest BCUT2D eigenvalue weighted by molar-refractivity contribution is 0.0188. The van der Waals surface area contributed by atoms with E-state index in [-0.39, 0.29) is 5.82 Å². The van der Waals surface area contributed by atoms with Gasteiger partial charge in [0.05, 0.1) is 19.3 Å². The first-order valence-electron chi connectivity index (χ1n) is 6.11. The van der Waals surface area contributed by atoms with Crippen molar-refractivity contribution >= 4 is 11.8 Å². The molecular weight excluding hydrogens is 253 g/mol. The standard InChI is InChI=1S/C13H18FNO2S/c14-12-3-1-2-4-13(12)18-10-11(16)9-15-5-7-17-8-6-15/h1-4,11,16H,5-10H2. The van der Waals surface area contributed by atoms with E-state index in [1.165, 1.54) is 17.8 Å². The molecule has 1 heterocycles. The highest BCUT2D eigenvalue weighted by Gasteiger charge is 2.15. The number of aliphatic hydroxyl groups excluding tert-OH is 1. The molecule has 0 aromatic heterocycles. The molecule has 1 aromatic rings. The van der Waals surface area contributed by atoms with Gasteiger partial charge in [0.1, 0.15) is 5.82 Å². The molecular formula is C13H18FNO2S. The molecule has 0 bridgehead atoms. The highest BCUT2D eigenvalue weighted by atomic mass is 32.2. The van der Waals surface area contributed by atoms with Gasteiger partial charge in [0.15, 0.2) is 0 Å². The van der Waals surface area contributed by atoms with Gasteiger partial charge in [-0.3, -0.25) is 4.90 Å². The Kier molecular flexibility index (Phi) is 5.44. The molecule has 0 amide bonds. The zero-order valence-corrected chi connectivity index (χ0v) is 11.0. The molecule has 0 radical (unpaired) electrons. The molecule has 0 saturated carbocycles. The first-order valence-corrected chi connectivity index (χ1v) is 7.10. The number of halogens is 1. The second kappa shape index (κ2) is 7.09. The number of morpholine rings is 1. The van der Waals surface area contributed by atoms with Crippen molar-refractivity contribution < 1.29 is 14.2 Å². The van der Waals surface area contributed by atoms with E-state index in [4.69, 9.17) is 4.74 Å². The fourth-order valence-electron chi connectivity index (χ4n) is 1.88. The smallest absolute Gasteiger partial charge is 0.136 e. The highest BCUT2D eigenvalue weighted by molar-refractivity contribution is 7.99. The van der Waals surface area contributed by atoms with Crippen LogP contribution in [0.4, 0.5) is 4.39 Å². The second-order valence-electron chi connectivity index (χ2n) is 4.31. The van der Waals surface area contributed by atoms with Crippen molar-refractivity contribution in [2.75, 3.05) is 38.6 Å². The van der Waals surface area contributed by atoms with E-state index in [1.807, 2.05) is 0 Å². The van der Waals surface area contributed by atoms with Gasteiger partial charge < -0.3 is 9.84 Å². The Morgan fingerprint density at radius 1 is 1.33 bits per heavy atom. The summed E-state index contributed by atoms with van der Waals surface area (Å²) in [4.78, 5) is 2.77. The van der Waals surface area contributed by atoms with Crippen LogP contribution in [0.5, 0.6) is 0 Å². The van der Waals surface area contributed by atoms with Gasteiger partial charge in [-0.25, -0.2) is 4.39 Å². The molecule has 18 heavy (non-hydrogen) atoms. The number of rotatable bonds is 5. The van der Waals surface area contributed by atoms with Crippen molar-refractivity contribution in [3.63, 3.8) is 0 Å². The molecule has 1 fully saturated rings. The molecule has 1 unspecified atom stereocenters. The molecule has 1 N–H and O–H groups in total. The average molecular weight is 271 g/mol. The van der Waals surface area contributed by atoms with Crippen LogP contribution in [-0.2, 0) is 4.74 Å². The van der Waals surface area contributed by atoms with Crippen molar-refractivity contribution in [1.82, 2.24) is 4.90 Å². The van der Waals surface area contributed by atoms with Gasteiger partial charge in [-0.1, -0.05) is 12.1 Å². The minimum atomic E-state index is -0.437. The predicted molar refractivity (Wildman–Crippen MR) is 70.4 cm³/mol. The fourth-order valence-corrected chi connectivity index (χ4v) is 2.74. The van der Waals surface area contributed by atoms with Crippen LogP contribution in [-0.4, -0.2) is 54.7 Å². The molecule has 0 aliphatic carbocycles. The first kappa shape index (κ1) is 13.8.